The van der Waals surface area contributed by atoms with Crippen LogP contribution in [0.25, 0.3) is 0 Å². The first-order chi connectivity index (χ1) is 16.8. The van der Waals surface area contributed by atoms with Gasteiger partial charge in [0.1, 0.15) is 18.3 Å². The van der Waals surface area contributed by atoms with Crippen LogP contribution < -0.4 is 0 Å². The zero-order valence-corrected chi connectivity index (χ0v) is 21.5. The minimum atomic E-state index is -0.555. The van der Waals surface area contributed by atoms with Crippen LogP contribution in [-0.4, -0.2) is 42.2 Å². The largest absolute Gasteiger partial charge is 0.368 e. The van der Waals surface area contributed by atoms with Gasteiger partial charge in [0.15, 0.2) is 6.29 Å². The number of hydrogen-bond acceptors (Lipinski definition) is 5. The lowest BCUT2D eigenvalue weighted by Crippen LogP contribution is -2.61. The summed E-state index contributed by atoms with van der Waals surface area (Å²) < 4.78 is 32.2. The predicted molar refractivity (Wildman–Crippen MR) is 140 cm³/mol. The molecule has 1 heterocycles. The van der Waals surface area contributed by atoms with Gasteiger partial charge in [0.2, 0.25) is 0 Å². The molecular weight excluding hydrogens is 543 g/mol. The van der Waals surface area contributed by atoms with E-state index in [1.54, 1.807) is 7.11 Å². The van der Waals surface area contributed by atoms with Gasteiger partial charge in [-0.2, -0.15) is 0 Å². The first-order valence-corrected chi connectivity index (χ1v) is 13.0. The predicted octanol–water partition coefficient (Wildman–Crippen LogP) is 5.55. The van der Waals surface area contributed by atoms with Crippen LogP contribution in [0.5, 0.6) is 0 Å². The monoisotopic (exact) mass is 574 g/mol. The van der Waals surface area contributed by atoms with E-state index in [-0.39, 0.29) is 18.3 Å². The maximum absolute atomic E-state index is 6.52. The normalized spacial score (nSPS) is 24.7. The third-order valence-electron chi connectivity index (χ3n) is 5.83. The van der Waals surface area contributed by atoms with E-state index in [1.165, 1.54) is 0 Å². The summed E-state index contributed by atoms with van der Waals surface area (Å²) in [4.78, 5) is 0. The number of methoxy groups -OCH3 is 1. The van der Waals surface area contributed by atoms with Gasteiger partial charge in [-0.3, -0.25) is 0 Å². The fraction of sp³-hybridized carbons (Fsp3) is 0.357. The lowest BCUT2D eigenvalue weighted by atomic mass is 9.98. The van der Waals surface area contributed by atoms with Crippen LogP contribution in [0.4, 0.5) is 0 Å². The SMILES string of the molecule is CO[C@H]1O[C@H](CI)[C@H](OCc2ccccc2)[C@H](OCc2ccccc2)[C@H]1OCc1ccccc1. The number of benzene rings is 3. The smallest absolute Gasteiger partial charge is 0.186 e. The molecule has 0 aromatic heterocycles. The number of hydrogen-bond donors (Lipinski definition) is 0. The molecule has 4 rings (SSSR count). The summed E-state index contributed by atoms with van der Waals surface area (Å²) in [6.45, 7) is 1.35. The maximum atomic E-state index is 6.52. The van der Waals surface area contributed by atoms with Crippen molar-refractivity contribution in [2.24, 2.45) is 0 Å². The van der Waals surface area contributed by atoms with Crippen LogP contribution in [0.3, 0.4) is 0 Å². The molecule has 180 valence electrons. The van der Waals surface area contributed by atoms with Crippen molar-refractivity contribution in [3.8, 4) is 0 Å². The highest BCUT2D eigenvalue weighted by Gasteiger charge is 2.48. The summed E-state index contributed by atoms with van der Waals surface area (Å²) in [5, 5.41) is 0. The molecule has 1 fully saturated rings. The van der Waals surface area contributed by atoms with E-state index in [4.69, 9.17) is 23.7 Å². The Hall–Kier alpha value is -1.81. The molecule has 1 aliphatic rings. The van der Waals surface area contributed by atoms with E-state index in [0.29, 0.717) is 19.8 Å². The van der Waals surface area contributed by atoms with Gasteiger partial charge in [0.05, 0.1) is 25.9 Å². The first-order valence-electron chi connectivity index (χ1n) is 11.5. The summed E-state index contributed by atoms with van der Waals surface area (Å²) in [5.41, 5.74) is 3.28. The molecule has 1 saturated heterocycles. The molecule has 3 aromatic rings. The molecule has 0 amide bonds. The molecule has 0 N–H and O–H groups in total. The molecule has 5 atom stereocenters. The Labute approximate surface area is 215 Å². The average molecular weight is 574 g/mol. The van der Waals surface area contributed by atoms with Crippen molar-refractivity contribution in [2.45, 2.75) is 50.5 Å². The number of halogens is 1. The van der Waals surface area contributed by atoms with Gasteiger partial charge >= 0.3 is 0 Å². The van der Waals surface area contributed by atoms with Crippen LogP contribution in [0.1, 0.15) is 16.7 Å². The summed E-state index contributed by atoms with van der Waals surface area (Å²) in [5.74, 6) is 0. The Morgan fingerprint density at radius 1 is 0.618 bits per heavy atom. The summed E-state index contributed by atoms with van der Waals surface area (Å²) in [7, 11) is 1.65. The van der Waals surface area contributed by atoms with Crippen LogP contribution in [0.2, 0.25) is 0 Å². The highest BCUT2D eigenvalue weighted by molar-refractivity contribution is 14.1. The van der Waals surface area contributed by atoms with E-state index in [2.05, 4.69) is 46.9 Å². The van der Waals surface area contributed by atoms with Gasteiger partial charge in [0, 0.05) is 11.5 Å². The van der Waals surface area contributed by atoms with Crippen LogP contribution in [-0.2, 0) is 43.5 Å². The first kappa shape index (κ1) is 25.3. The molecule has 6 heteroatoms. The lowest BCUT2D eigenvalue weighted by Gasteiger charge is -2.45. The molecule has 0 spiro atoms. The minimum absolute atomic E-state index is 0.188. The second-order valence-electron chi connectivity index (χ2n) is 8.22. The molecule has 0 bridgehead atoms. The van der Waals surface area contributed by atoms with Crippen molar-refractivity contribution in [3.63, 3.8) is 0 Å². The van der Waals surface area contributed by atoms with E-state index < -0.39 is 12.4 Å². The topological polar surface area (TPSA) is 46.2 Å². The second kappa shape index (κ2) is 13.3. The summed E-state index contributed by atoms with van der Waals surface area (Å²) in [6, 6.07) is 30.4. The van der Waals surface area contributed by atoms with Crippen molar-refractivity contribution in [1.82, 2.24) is 0 Å². The fourth-order valence-electron chi connectivity index (χ4n) is 4.06. The van der Waals surface area contributed by atoms with Crippen LogP contribution in [0, 0.1) is 0 Å². The van der Waals surface area contributed by atoms with Gasteiger partial charge in [0.25, 0.3) is 0 Å². The maximum Gasteiger partial charge on any atom is 0.186 e. The standard InChI is InChI=1S/C28H31IO5/c1-30-28-27(33-20-23-15-9-4-10-16-23)26(32-19-22-13-7-3-8-14-22)25(24(17-29)34-28)31-18-21-11-5-2-6-12-21/h2-16,24-28H,17-20H2,1H3/t24-,25+,26+,27-,28+/m1/s1. The molecule has 0 aliphatic carbocycles. The van der Waals surface area contributed by atoms with Crippen LogP contribution >= 0.6 is 22.6 Å². The average Bonchev–Trinajstić information content (AvgIpc) is 2.91. The van der Waals surface area contributed by atoms with Crippen LogP contribution in [0.15, 0.2) is 91.0 Å². The third-order valence-corrected chi connectivity index (χ3v) is 6.70. The number of rotatable bonds is 11. The van der Waals surface area contributed by atoms with E-state index >= 15 is 0 Å². The van der Waals surface area contributed by atoms with Crippen molar-refractivity contribution >= 4 is 22.6 Å². The summed E-state index contributed by atoms with van der Waals surface area (Å²) >= 11 is 2.33. The molecule has 5 nitrogen and oxygen atoms in total. The van der Waals surface area contributed by atoms with Gasteiger partial charge < -0.3 is 23.7 Å². The highest BCUT2D eigenvalue weighted by Crippen LogP contribution is 2.31. The molecule has 0 saturated carbocycles. The quantitative estimate of drug-likeness (QED) is 0.222. The zero-order chi connectivity index (χ0) is 23.6. The zero-order valence-electron chi connectivity index (χ0n) is 19.3. The third kappa shape index (κ3) is 6.87. The van der Waals surface area contributed by atoms with Gasteiger partial charge in [-0.25, -0.2) is 0 Å². The molecule has 34 heavy (non-hydrogen) atoms. The highest BCUT2D eigenvalue weighted by atomic mass is 127. The van der Waals surface area contributed by atoms with E-state index in [0.717, 1.165) is 21.1 Å². The van der Waals surface area contributed by atoms with Crippen molar-refractivity contribution < 1.29 is 23.7 Å². The Morgan fingerprint density at radius 2 is 1.03 bits per heavy atom. The van der Waals surface area contributed by atoms with Crippen molar-refractivity contribution in [1.29, 1.82) is 0 Å². The lowest BCUT2D eigenvalue weighted by molar-refractivity contribution is -0.313. The van der Waals surface area contributed by atoms with Crippen molar-refractivity contribution in [3.05, 3.63) is 108 Å². The van der Waals surface area contributed by atoms with Gasteiger partial charge in [-0.1, -0.05) is 114 Å². The minimum Gasteiger partial charge on any atom is -0.368 e. The van der Waals surface area contributed by atoms with Crippen molar-refractivity contribution in [2.75, 3.05) is 11.5 Å². The molecule has 0 radical (unpaired) electrons. The number of alkyl halides is 1. The number of ether oxygens (including phenoxy) is 5. The molecule has 1 aliphatic heterocycles. The Kier molecular flexibility index (Phi) is 9.91. The molecule has 3 aromatic carbocycles. The Morgan fingerprint density at radius 3 is 1.44 bits per heavy atom. The molecular formula is C28H31IO5. The fourth-order valence-corrected chi connectivity index (χ4v) is 4.77. The Bertz CT molecular complexity index is 899. The second-order valence-corrected chi connectivity index (χ2v) is 9.10. The van der Waals surface area contributed by atoms with E-state index in [9.17, 15) is 0 Å². The van der Waals surface area contributed by atoms with E-state index in [1.807, 2.05) is 66.7 Å². The Balaban J connectivity index is 1.56. The van der Waals surface area contributed by atoms with Gasteiger partial charge in [-0.05, 0) is 16.7 Å². The summed E-state index contributed by atoms with van der Waals surface area (Å²) in [6.07, 6.45) is -1.87. The molecule has 0 unspecified atom stereocenters. The van der Waals surface area contributed by atoms with Gasteiger partial charge in [-0.15, -0.1) is 0 Å².